The normalized spacial score (nSPS) is 12.8. The summed E-state index contributed by atoms with van der Waals surface area (Å²) in [5.74, 6) is 1.84. The van der Waals surface area contributed by atoms with Crippen molar-refractivity contribution in [1.82, 2.24) is 4.90 Å². The van der Waals surface area contributed by atoms with Crippen LogP contribution in [0.5, 0.6) is 0 Å². The molecule has 0 aliphatic heterocycles. The van der Waals surface area contributed by atoms with Gasteiger partial charge >= 0.3 is 0 Å². The van der Waals surface area contributed by atoms with Crippen LogP contribution in [-0.4, -0.2) is 24.5 Å². The molecule has 0 N–H and O–H groups in total. The zero-order chi connectivity index (χ0) is 24.4. The number of unbranched alkanes of at least 4 members (excludes halogenated alkanes) is 15. The first-order chi connectivity index (χ1) is 16.1. The fourth-order valence-electron chi connectivity index (χ4n) is 5.20. The summed E-state index contributed by atoms with van der Waals surface area (Å²) in [7, 11) is 0. The Bertz CT molecular complexity index is 350. The van der Waals surface area contributed by atoms with E-state index in [1.165, 1.54) is 161 Å². The van der Waals surface area contributed by atoms with Crippen LogP contribution in [0.15, 0.2) is 0 Å². The van der Waals surface area contributed by atoms with E-state index < -0.39 is 0 Å². The molecule has 0 saturated heterocycles. The first-order valence-corrected chi connectivity index (χ1v) is 15.8. The second-order valence-corrected chi connectivity index (χ2v) is 11.7. The lowest BCUT2D eigenvalue weighted by atomic mass is 9.96. The van der Waals surface area contributed by atoms with Crippen LogP contribution >= 0.6 is 0 Å². The molecule has 1 unspecified atom stereocenters. The molecule has 0 spiro atoms. The molecule has 1 atom stereocenters. The molecule has 0 rings (SSSR count). The van der Waals surface area contributed by atoms with E-state index in [1.54, 1.807) is 0 Å². The van der Waals surface area contributed by atoms with Crippen LogP contribution in [0.2, 0.25) is 0 Å². The summed E-state index contributed by atoms with van der Waals surface area (Å²) in [6.45, 7) is 15.8. The molecular formula is C32H67N. The smallest absolute Gasteiger partial charge is 0.00187 e. The average Bonchev–Trinajstić information content (AvgIpc) is 2.79. The minimum Gasteiger partial charge on any atom is -0.303 e. The highest BCUT2D eigenvalue weighted by molar-refractivity contribution is 4.60. The molecule has 33 heavy (non-hydrogen) atoms. The van der Waals surface area contributed by atoms with E-state index in [-0.39, 0.29) is 0 Å². The molecule has 0 aromatic rings. The van der Waals surface area contributed by atoms with Gasteiger partial charge in [0.1, 0.15) is 0 Å². The van der Waals surface area contributed by atoms with E-state index in [0.717, 1.165) is 11.8 Å². The molecule has 0 fully saturated rings. The lowest BCUT2D eigenvalue weighted by Gasteiger charge is -2.21. The molecule has 200 valence electrons. The van der Waals surface area contributed by atoms with Gasteiger partial charge in [-0.05, 0) is 50.7 Å². The van der Waals surface area contributed by atoms with Crippen molar-refractivity contribution in [2.45, 2.75) is 176 Å². The summed E-state index contributed by atoms with van der Waals surface area (Å²) in [5, 5.41) is 0. The van der Waals surface area contributed by atoms with Crippen molar-refractivity contribution in [3.63, 3.8) is 0 Å². The Morgan fingerprint density at radius 1 is 0.394 bits per heavy atom. The Kier molecular flexibility index (Phi) is 26.5. The van der Waals surface area contributed by atoms with Crippen LogP contribution in [0.4, 0.5) is 0 Å². The van der Waals surface area contributed by atoms with E-state index in [0.29, 0.717) is 0 Å². The molecule has 1 nitrogen and oxygen atoms in total. The second-order valence-electron chi connectivity index (χ2n) is 11.7. The van der Waals surface area contributed by atoms with E-state index >= 15 is 0 Å². The highest BCUT2D eigenvalue weighted by atomic mass is 15.1. The van der Waals surface area contributed by atoms with Crippen LogP contribution in [-0.2, 0) is 0 Å². The Labute approximate surface area is 212 Å². The Morgan fingerprint density at radius 2 is 0.788 bits per heavy atom. The van der Waals surface area contributed by atoms with Gasteiger partial charge in [0, 0.05) is 0 Å². The molecule has 0 aliphatic rings. The molecule has 0 aliphatic carbocycles. The molecule has 0 saturated carbocycles. The Morgan fingerprint density at radius 3 is 1.21 bits per heavy atom. The number of nitrogens with zero attached hydrogens (tertiary/aromatic N) is 1. The van der Waals surface area contributed by atoms with Gasteiger partial charge in [-0.3, -0.25) is 0 Å². The third-order valence-electron chi connectivity index (χ3n) is 7.52. The lowest BCUT2D eigenvalue weighted by molar-refractivity contribution is 0.260. The van der Waals surface area contributed by atoms with Crippen molar-refractivity contribution < 1.29 is 0 Å². The highest BCUT2D eigenvalue weighted by Gasteiger charge is 2.05. The summed E-state index contributed by atoms with van der Waals surface area (Å²) in [6, 6.07) is 0. The predicted octanol–water partition coefficient (Wildman–Crippen LogP) is 11.2. The molecule has 0 bridgehead atoms. The Balaban J connectivity index is 3.49. The zero-order valence-electron chi connectivity index (χ0n) is 24.3. The number of hydrogen-bond acceptors (Lipinski definition) is 1. The van der Waals surface area contributed by atoms with Crippen molar-refractivity contribution in [1.29, 1.82) is 0 Å². The maximum atomic E-state index is 2.75. The highest BCUT2D eigenvalue weighted by Crippen LogP contribution is 2.19. The maximum Gasteiger partial charge on any atom is -0.00187 e. The summed E-state index contributed by atoms with van der Waals surface area (Å²) >= 11 is 0. The zero-order valence-corrected chi connectivity index (χ0v) is 24.3. The van der Waals surface area contributed by atoms with E-state index in [9.17, 15) is 0 Å². The first-order valence-electron chi connectivity index (χ1n) is 15.8. The van der Waals surface area contributed by atoms with Crippen LogP contribution in [0.25, 0.3) is 0 Å². The summed E-state index contributed by atoms with van der Waals surface area (Å²) in [5.41, 5.74) is 0. The monoisotopic (exact) mass is 466 g/mol. The third kappa shape index (κ3) is 26.4. The minimum absolute atomic E-state index is 0.883. The lowest BCUT2D eigenvalue weighted by Crippen LogP contribution is -2.27. The van der Waals surface area contributed by atoms with Gasteiger partial charge in [0.05, 0.1) is 0 Å². The Hall–Kier alpha value is -0.0400. The van der Waals surface area contributed by atoms with Crippen LogP contribution in [0, 0.1) is 11.8 Å². The molecule has 0 aromatic carbocycles. The van der Waals surface area contributed by atoms with E-state index in [4.69, 9.17) is 0 Å². The van der Waals surface area contributed by atoms with Crippen LogP contribution in [0.3, 0.4) is 0 Å². The molecule has 0 aromatic heterocycles. The van der Waals surface area contributed by atoms with Crippen molar-refractivity contribution >= 4 is 0 Å². The van der Waals surface area contributed by atoms with Gasteiger partial charge in [0.15, 0.2) is 0 Å². The van der Waals surface area contributed by atoms with Crippen LogP contribution < -0.4 is 0 Å². The van der Waals surface area contributed by atoms with E-state index in [1.807, 2.05) is 0 Å². The van der Waals surface area contributed by atoms with Crippen LogP contribution in [0.1, 0.15) is 176 Å². The molecule has 0 amide bonds. The maximum absolute atomic E-state index is 2.75. The summed E-state index contributed by atoms with van der Waals surface area (Å²) < 4.78 is 0. The molecule has 0 heterocycles. The quantitative estimate of drug-likeness (QED) is 0.109. The molecule has 1 heteroatoms. The largest absolute Gasteiger partial charge is 0.303 e. The summed E-state index contributed by atoms with van der Waals surface area (Å²) in [6.07, 6.45) is 31.7. The first kappa shape index (κ1) is 33.0. The number of hydrogen-bond donors (Lipinski definition) is 0. The van der Waals surface area contributed by atoms with Gasteiger partial charge < -0.3 is 4.90 Å². The van der Waals surface area contributed by atoms with Gasteiger partial charge in [-0.15, -0.1) is 0 Å². The topological polar surface area (TPSA) is 3.24 Å². The fraction of sp³-hybridized carbons (Fsp3) is 1.00. The fourth-order valence-corrected chi connectivity index (χ4v) is 5.20. The van der Waals surface area contributed by atoms with Crippen molar-refractivity contribution in [3.8, 4) is 0 Å². The van der Waals surface area contributed by atoms with Gasteiger partial charge in [-0.25, -0.2) is 0 Å². The standard InChI is InChI=1S/C32H67N/c1-6-8-9-10-11-12-16-21-26-32(5)27-22-17-14-19-24-30-33(28-7-2)29-23-18-13-15-20-25-31(3)4/h31-32H,6-30H2,1-5H3. The van der Waals surface area contributed by atoms with Gasteiger partial charge in [-0.2, -0.15) is 0 Å². The van der Waals surface area contributed by atoms with Crippen molar-refractivity contribution in [3.05, 3.63) is 0 Å². The van der Waals surface area contributed by atoms with Crippen molar-refractivity contribution in [2.75, 3.05) is 19.6 Å². The SMILES string of the molecule is CCCCCCCCCCC(C)CCCCCCCN(CCC)CCCCCCCC(C)C. The average molecular weight is 466 g/mol. The van der Waals surface area contributed by atoms with Gasteiger partial charge in [-0.1, -0.05) is 157 Å². The number of rotatable bonds is 27. The predicted molar refractivity (Wildman–Crippen MR) is 153 cm³/mol. The second kappa shape index (κ2) is 26.6. The van der Waals surface area contributed by atoms with Gasteiger partial charge in [0.25, 0.3) is 0 Å². The minimum atomic E-state index is 0.883. The molecular weight excluding hydrogens is 398 g/mol. The summed E-state index contributed by atoms with van der Waals surface area (Å²) in [4.78, 5) is 2.75. The van der Waals surface area contributed by atoms with E-state index in [2.05, 4.69) is 39.5 Å². The van der Waals surface area contributed by atoms with Crippen molar-refractivity contribution in [2.24, 2.45) is 11.8 Å². The third-order valence-corrected chi connectivity index (χ3v) is 7.52. The van der Waals surface area contributed by atoms with Gasteiger partial charge in [0.2, 0.25) is 0 Å². The molecule has 0 radical (unpaired) electrons.